The van der Waals surface area contributed by atoms with E-state index < -0.39 is 10.0 Å². The fraction of sp³-hybridized carbons (Fsp3) is 0.571. The maximum absolute atomic E-state index is 12.6. The fourth-order valence-corrected chi connectivity index (χ4v) is 6.23. The Morgan fingerprint density at radius 2 is 2.05 bits per heavy atom. The van der Waals surface area contributed by atoms with Gasteiger partial charge in [0, 0.05) is 20.5 Å². The Balaban J connectivity index is 1.76. The second-order valence-corrected chi connectivity index (χ2v) is 9.40. The van der Waals surface area contributed by atoms with Gasteiger partial charge in [-0.25, -0.2) is 13.1 Å². The van der Waals surface area contributed by atoms with Gasteiger partial charge in [0.2, 0.25) is 10.0 Å². The number of rotatable bonds is 3. The van der Waals surface area contributed by atoms with E-state index in [1.807, 2.05) is 0 Å². The summed E-state index contributed by atoms with van der Waals surface area (Å²) in [4.78, 5) is 0.298. The molecule has 3 rings (SSSR count). The van der Waals surface area contributed by atoms with Crippen LogP contribution in [0.4, 0.5) is 0 Å². The van der Waals surface area contributed by atoms with E-state index in [0.29, 0.717) is 9.37 Å². The van der Waals surface area contributed by atoms with Gasteiger partial charge in [0.1, 0.15) is 0 Å². The summed E-state index contributed by atoms with van der Waals surface area (Å²) in [7, 11) is -3.49. The highest BCUT2D eigenvalue weighted by Crippen LogP contribution is 2.38. The molecule has 7 heteroatoms. The van der Waals surface area contributed by atoms with Crippen molar-refractivity contribution in [1.29, 1.82) is 0 Å². The van der Waals surface area contributed by atoms with Crippen LogP contribution in [0, 0.1) is 0 Å². The highest BCUT2D eigenvalue weighted by atomic mass is 79.9. The summed E-state index contributed by atoms with van der Waals surface area (Å²) < 4.78 is 29.5. The van der Waals surface area contributed by atoms with Crippen LogP contribution in [0.1, 0.15) is 32.1 Å². The molecule has 4 nitrogen and oxygen atoms in total. The molecule has 1 aliphatic heterocycles. The molecule has 1 spiro atoms. The normalized spacial score (nSPS) is 24.8. The van der Waals surface area contributed by atoms with E-state index in [2.05, 4.69) is 41.9 Å². The Bertz CT molecular complexity index is 644. The average Bonchev–Trinajstić information content (AvgIpc) is 2.36. The van der Waals surface area contributed by atoms with Gasteiger partial charge in [-0.05, 0) is 72.8 Å². The number of hydrogen-bond donors (Lipinski definition) is 2. The SMILES string of the molecule is O=S(=O)(NC1CCNC2(CCC2)C1)c1ccc(Br)cc1Br. The summed E-state index contributed by atoms with van der Waals surface area (Å²) in [5.41, 5.74) is 0.183. The highest BCUT2D eigenvalue weighted by Gasteiger charge is 2.41. The minimum atomic E-state index is -3.49. The predicted octanol–water partition coefficient (Wildman–Crippen LogP) is 3.16. The van der Waals surface area contributed by atoms with Crippen LogP contribution in [-0.2, 0) is 10.0 Å². The molecule has 21 heavy (non-hydrogen) atoms. The van der Waals surface area contributed by atoms with Crippen molar-refractivity contribution in [3.8, 4) is 0 Å². The van der Waals surface area contributed by atoms with Gasteiger partial charge in [-0.15, -0.1) is 0 Å². The minimum Gasteiger partial charge on any atom is -0.311 e. The molecule has 1 atom stereocenters. The van der Waals surface area contributed by atoms with Crippen LogP contribution >= 0.6 is 31.9 Å². The van der Waals surface area contributed by atoms with E-state index in [-0.39, 0.29) is 11.6 Å². The molecule has 1 unspecified atom stereocenters. The molecular formula is C14H18Br2N2O2S. The Kier molecular flexibility index (Phi) is 4.49. The molecule has 1 heterocycles. The Morgan fingerprint density at radius 3 is 2.67 bits per heavy atom. The smallest absolute Gasteiger partial charge is 0.241 e. The quantitative estimate of drug-likeness (QED) is 0.763. The lowest BCUT2D eigenvalue weighted by Gasteiger charge is -2.48. The summed E-state index contributed by atoms with van der Waals surface area (Å²) >= 11 is 6.67. The van der Waals surface area contributed by atoms with Crippen LogP contribution in [0.2, 0.25) is 0 Å². The molecule has 2 aliphatic rings. The first kappa shape index (κ1) is 15.9. The van der Waals surface area contributed by atoms with Crippen LogP contribution in [0.3, 0.4) is 0 Å². The van der Waals surface area contributed by atoms with Gasteiger partial charge in [0.05, 0.1) is 4.90 Å². The zero-order valence-corrected chi connectivity index (χ0v) is 15.5. The number of hydrogen-bond acceptors (Lipinski definition) is 3. The zero-order valence-electron chi connectivity index (χ0n) is 11.5. The van der Waals surface area contributed by atoms with Crippen LogP contribution in [0.5, 0.6) is 0 Å². The van der Waals surface area contributed by atoms with E-state index in [0.717, 1.165) is 36.7 Å². The maximum Gasteiger partial charge on any atom is 0.241 e. The third kappa shape index (κ3) is 3.37. The van der Waals surface area contributed by atoms with Crippen molar-refractivity contribution < 1.29 is 8.42 Å². The Morgan fingerprint density at radius 1 is 1.29 bits per heavy atom. The molecule has 1 aromatic rings. The maximum atomic E-state index is 12.6. The van der Waals surface area contributed by atoms with Gasteiger partial charge in [-0.3, -0.25) is 0 Å². The molecule has 116 valence electrons. The molecule has 0 amide bonds. The average molecular weight is 438 g/mol. The lowest BCUT2D eigenvalue weighted by Crippen LogP contribution is -2.59. The molecule has 1 saturated heterocycles. The summed E-state index contributed by atoms with van der Waals surface area (Å²) in [6, 6.07) is 5.14. The Labute approximate surface area is 142 Å². The molecule has 1 saturated carbocycles. The zero-order chi connectivity index (χ0) is 15.1. The first-order valence-electron chi connectivity index (χ1n) is 7.13. The number of piperidine rings is 1. The monoisotopic (exact) mass is 436 g/mol. The summed E-state index contributed by atoms with van der Waals surface area (Å²) in [6.07, 6.45) is 5.29. The van der Waals surface area contributed by atoms with Crippen molar-refractivity contribution in [1.82, 2.24) is 10.0 Å². The Hall–Kier alpha value is 0.0500. The summed E-state index contributed by atoms with van der Waals surface area (Å²) in [6.45, 7) is 0.884. The third-order valence-corrected chi connectivity index (χ3v) is 7.44. The first-order chi connectivity index (χ1) is 9.90. The van der Waals surface area contributed by atoms with Gasteiger partial charge in [0.15, 0.2) is 0 Å². The van der Waals surface area contributed by atoms with Crippen molar-refractivity contribution in [2.45, 2.75) is 48.6 Å². The summed E-state index contributed by atoms with van der Waals surface area (Å²) in [5.74, 6) is 0. The van der Waals surface area contributed by atoms with Gasteiger partial charge in [-0.1, -0.05) is 15.9 Å². The first-order valence-corrected chi connectivity index (χ1v) is 10.2. The lowest BCUT2D eigenvalue weighted by atomic mass is 9.70. The number of benzene rings is 1. The summed E-state index contributed by atoms with van der Waals surface area (Å²) in [5, 5.41) is 3.56. The number of halogens is 2. The molecule has 2 fully saturated rings. The van der Waals surface area contributed by atoms with Crippen molar-refractivity contribution in [3.63, 3.8) is 0 Å². The second-order valence-electron chi connectivity index (χ2n) is 5.95. The fourth-order valence-electron chi connectivity index (χ4n) is 3.22. The van der Waals surface area contributed by atoms with E-state index in [1.54, 1.807) is 18.2 Å². The molecule has 0 aromatic heterocycles. The van der Waals surface area contributed by atoms with Crippen LogP contribution in [-0.4, -0.2) is 26.5 Å². The van der Waals surface area contributed by atoms with Crippen LogP contribution in [0.15, 0.2) is 32.0 Å². The second kappa shape index (κ2) is 5.92. The van der Waals surface area contributed by atoms with Crippen molar-refractivity contribution in [2.75, 3.05) is 6.54 Å². The third-order valence-electron chi connectivity index (χ3n) is 4.45. The van der Waals surface area contributed by atoms with E-state index in [4.69, 9.17) is 0 Å². The lowest BCUT2D eigenvalue weighted by molar-refractivity contribution is 0.126. The van der Waals surface area contributed by atoms with Gasteiger partial charge in [0.25, 0.3) is 0 Å². The standard InChI is InChI=1S/C14H18Br2N2O2S/c15-10-2-3-13(12(16)8-10)21(19,20)18-11-4-7-17-14(9-11)5-1-6-14/h2-3,8,11,17-18H,1,4-7,9H2. The van der Waals surface area contributed by atoms with E-state index >= 15 is 0 Å². The molecular weight excluding hydrogens is 420 g/mol. The highest BCUT2D eigenvalue weighted by molar-refractivity contribution is 9.11. The topological polar surface area (TPSA) is 58.2 Å². The van der Waals surface area contributed by atoms with Gasteiger partial charge >= 0.3 is 0 Å². The van der Waals surface area contributed by atoms with Crippen LogP contribution < -0.4 is 10.0 Å². The van der Waals surface area contributed by atoms with Crippen LogP contribution in [0.25, 0.3) is 0 Å². The largest absolute Gasteiger partial charge is 0.311 e. The molecule has 1 aliphatic carbocycles. The molecule has 1 aromatic carbocycles. The van der Waals surface area contributed by atoms with E-state index in [1.165, 1.54) is 6.42 Å². The number of sulfonamides is 1. The predicted molar refractivity (Wildman–Crippen MR) is 89.8 cm³/mol. The van der Waals surface area contributed by atoms with Crippen molar-refractivity contribution in [3.05, 3.63) is 27.1 Å². The number of nitrogens with one attached hydrogen (secondary N) is 2. The van der Waals surface area contributed by atoms with Gasteiger partial charge in [-0.2, -0.15) is 0 Å². The molecule has 0 bridgehead atoms. The van der Waals surface area contributed by atoms with Crippen molar-refractivity contribution in [2.24, 2.45) is 0 Å². The van der Waals surface area contributed by atoms with Crippen molar-refractivity contribution >= 4 is 41.9 Å². The minimum absolute atomic E-state index is 0.0205. The van der Waals surface area contributed by atoms with Gasteiger partial charge < -0.3 is 5.32 Å². The molecule has 0 radical (unpaired) electrons. The molecule has 2 N–H and O–H groups in total. The van der Waals surface area contributed by atoms with E-state index in [9.17, 15) is 8.42 Å².